The lowest BCUT2D eigenvalue weighted by atomic mass is 10.00. The van der Waals surface area contributed by atoms with Crippen LogP contribution in [0.1, 0.15) is 0 Å². The van der Waals surface area contributed by atoms with Crippen molar-refractivity contribution in [3.63, 3.8) is 0 Å². The standard InChI is InChI=1S/C18H14N4O/c1-23-15-5-2-4-12(9-15)17-16(6-3-7-19-17)13-8-14-11-21-22-18(14)20-10-13/h2-11H,1H3,(H,20,21,22). The molecule has 5 nitrogen and oxygen atoms in total. The molecule has 0 spiro atoms. The number of aromatic nitrogens is 4. The molecule has 4 rings (SSSR count). The molecule has 0 bridgehead atoms. The number of aromatic amines is 1. The summed E-state index contributed by atoms with van der Waals surface area (Å²) in [5.41, 5.74) is 4.71. The van der Waals surface area contributed by atoms with Gasteiger partial charge in [0.25, 0.3) is 0 Å². The van der Waals surface area contributed by atoms with Crippen molar-refractivity contribution in [2.75, 3.05) is 7.11 Å². The van der Waals surface area contributed by atoms with Gasteiger partial charge in [0.2, 0.25) is 0 Å². The smallest absolute Gasteiger partial charge is 0.155 e. The first-order valence-corrected chi connectivity index (χ1v) is 7.24. The molecule has 0 saturated heterocycles. The van der Waals surface area contributed by atoms with E-state index in [1.165, 1.54) is 0 Å². The molecule has 0 aliphatic carbocycles. The Labute approximate surface area is 133 Å². The lowest BCUT2D eigenvalue weighted by molar-refractivity contribution is 0.415. The Kier molecular flexibility index (Phi) is 3.24. The third-order valence-corrected chi connectivity index (χ3v) is 3.75. The first kappa shape index (κ1) is 13.5. The number of nitrogens with zero attached hydrogens (tertiary/aromatic N) is 3. The van der Waals surface area contributed by atoms with E-state index in [2.05, 4.69) is 26.2 Å². The van der Waals surface area contributed by atoms with Gasteiger partial charge in [-0.25, -0.2) is 4.98 Å². The molecular weight excluding hydrogens is 288 g/mol. The molecule has 0 unspecified atom stereocenters. The Morgan fingerprint density at radius 3 is 2.83 bits per heavy atom. The molecule has 0 aliphatic heterocycles. The number of rotatable bonds is 3. The normalized spacial score (nSPS) is 10.8. The van der Waals surface area contributed by atoms with Crippen LogP contribution in [0, 0.1) is 0 Å². The molecule has 0 radical (unpaired) electrons. The van der Waals surface area contributed by atoms with Crippen LogP contribution in [-0.4, -0.2) is 27.3 Å². The molecule has 3 heterocycles. The Morgan fingerprint density at radius 2 is 1.91 bits per heavy atom. The van der Waals surface area contributed by atoms with Gasteiger partial charge in [0.15, 0.2) is 5.65 Å². The maximum Gasteiger partial charge on any atom is 0.155 e. The average molecular weight is 302 g/mol. The first-order chi connectivity index (χ1) is 11.3. The summed E-state index contributed by atoms with van der Waals surface area (Å²) < 4.78 is 5.32. The minimum absolute atomic E-state index is 0.778. The highest BCUT2D eigenvalue weighted by Crippen LogP contribution is 2.32. The Hall–Kier alpha value is -3.21. The second-order valence-corrected chi connectivity index (χ2v) is 5.16. The third kappa shape index (κ3) is 2.42. The fraction of sp³-hybridized carbons (Fsp3) is 0.0556. The van der Waals surface area contributed by atoms with Crippen molar-refractivity contribution in [3.8, 4) is 28.1 Å². The molecule has 0 amide bonds. The van der Waals surface area contributed by atoms with Crippen molar-refractivity contribution in [1.82, 2.24) is 20.2 Å². The predicted octanol–water partition coefficient (Wildman–Crippen LogP) is 3.70. The van der Waals surface area contributed by atoms with Crippen LogP contribution in [0.4, 0.5) is 0 Å². The number of H-pyrrole nitrogens is 1. The fourth-order valence-corrected chi connectivity index (χ4v) is 2.62. The SMILES string of the molecule is COc1cccc(-c2ncccc2-c2cnc3[nH]ncc3c2)c1. The summed E-state index contributed by atoms with van der Waals surface area (Å²) in [5, 5.41) is 7.86. The van der Waals surface area contributed by atoms with Crippen molar-refractivity contribution in [1.29, 1.82) is 0 Å². The number of ether oxygens (including phenoxy) is 1. The molecule has 1 N–H and O–H groups in total. The van der Waals surface area contributed by atoms with Crippen molar-refractivity contribution in [3.05, 3.63) is 61.1 Å². The monoisotopic (exact) mass is 302 g/mol. The molecule has 0 aliphatic rings. The van der Waals surface area contributed by atoms with Gasteiger partial charge in [0.1, 0.15) is 5.75 Å². The van der Waals surface area contributed by atoms with E-state index in [1.54, 1.807) is 19.5 Å². The van der Waals surface area contributed by atoms with Crippen LogP contribution in [0.15, 0.2) is 61.1 Å². The van der Waals surface area contributed by atoms with Crippen LogP contribution < -0.4 is 4.74 Å². The van der Waals surface area contributed by atoms with E-state index in [4.69, 9.17) is 4.74 Å². The molecule has 1 aromatic carbocycles. The zero-order chi connectivity index (χ0) is 15.6. The lowest BCUT2D eigenvalue weighted by Crippen LogP contribution is -1.91. The minimum Gasteiger partial charge on any atom is -0.497 e. The van der Waals surface area contributed by atoms with Crippen molar-refractivity contribution < 1.29 is 4.74 Å². The van der Waals surface area contributed by atoms with Crippen LogP contribution in [-0.2, 0) is 0 Å². The van der Waals surface area contributed by atoms with Crippen molar-refractivity contribution >= 4 is 11.0 Å². The molecule has 5 heteroatoms. The van der Waals surface area contributed by atoms with Gasteiger partial charge < -0.3 is 4.74 Å². The maximum absolute atomic E-state index is 5.32. The molecule has 23 heavy (non-hydrogen) atoms. The number of fused-ring (bicyclic) bond motifs is 1. The Morgan fingerprint density at radius 1 is 0.957 bits per heavy atom. The number of nitrogens with one attached hydrogen (secondary N) is 1. The summed E-state index contributed by atoms with van der Waals surface area (Å²) in [6, 6.07) is 13.9. The summed E-state index contributed by atoms with van der Waals surface area (Å²) in [6.07, 6.45) is 5.40. The van der Waals surface area contributed by atoms with Crippen LogP contribution in [0.3, 0.4) is 0 Å². The van der Waals surface area contributed by atoms with Gasteiger partial charge in [-0.2, -0.15) is 5.10 Å². The molecule has 112 valence electrons. The van der Waals surface area contributed by atoms with Crippen LogP contribution in [0.2, 0.25) is 0 Å². The zero-order valence-corrected chi connectivity index (χ0v) is 12.5. The molecule has 4 aromatic rings. The summed E-state index contributed by atoms with van der Waals surface area (Å²) in [7, 11) is 1.66. The van der Waals surface area contributed by atoms with E-state index in [9.17, 15) is 0 Å². The lowest BCUT2D eigenvalue weighted by Gasteiger charge is -2.10. The average Bonchev–Trinajstić information content (AvgIpc) is 3.09. The molecule has 3 aromatic heterocycles. The van der Waals surface area contributed by atoms with Gasteiger partial charge in [0.05, 0.1) is 19.0 Å². The number of methoxy groups -OCH3 is 1. The Balaban J connectivity index is 1.89. The van der Waals surface area contributed by atoms with E-state index < -0.39 is 0 Å². The van der Waals surface area contributed by atoms with Crippen LogP contribution in [0.25, 0.3) is 33.4 Å². The highest BCUT2D eigenvalue weighted by Gasteiger charge is 2.10. The third-order valence-electron chi connectivity index (χ3n) is 3.75. The quantitative estimate of drug-likeness (QED) is 0.627. The number of benzene rings is 1. The van der Waals surface area contributed by atoms with E-state index >= 15 is 0 Å². The van der Waals surface area contributed by atoms with E-state index in [0.29, 0.717) is 0 Å². The van der Waals surface area contributed by atoms with Crippen molar-refractivity contribution in [2.24, 2.45) is 0 Å². The minimum atomic E-state index is 0.778. The summed E-state index contributed by atoms with van der Waals surface area (Å²) in [6.45, 7) is 0. The number of pyridine rings is 2. The van der Waals surface area contributed by atoms with E-state index in [-0.39, 0.29) is 0 Å². The largest absolute Gasteiger partial charge is 0.497 e. The number of hydrogen-bond acceptors (Lipinski definition) is 4. The van der Waals surface area contributed by atoms with Crippen LogP contribution >= 0.6 is 0 Å². The first-order valence-electron chi connectivity index (χ1n) is 7.24. The second kappa shape index (κ2) is 5.53. The summed E-state index contributed by atoms with van der Waals surface area (Å²) >= 11 is 0. The highest BCUT2D eigenvalue weighted by atomic mass is 16.5. The highest BCUT2D eigenvalue weighted by molar-refractivity contribution is 5.86. The zero-order valence-electron chi connectivity index (χ0n) is 12.5. The van der Waals surface area contributed by atoms with Gasteiger partial charge in [-0.3, -0.25) is 10.1 Å². The van der Waals surface area contributed by atoms with Gasteiger partial charge in [0, 0.05) is 34.5 Å². The summed E-state index contributed by atoms with van der Waals surface area (Å²) in [4.78, 5) is 8.98. The predicted molar refractivity (Wildman–Crippen MR) is 89.1 cm³/mol. The molecule has 0 atom stereocenters. The number of hydrogen-bond donors (Lipinski definition) is 1. The molecule has 0 saturated carbocycles. The van der Waals surface area contributed by atoms with Gasteiger partial charge in [-0.05, 0) is 24.3 Å². The van der Waals surface area contributed by atoms with Gasteiger partial charge in [-0.1, -0.05) is 18.2 Å². The van der Waals surface area contributed by atoms with Gasteiger partial charge >= 0.3 is 0 Å². The van der Waals surface area contributed by atoms with Crippen LogP contribution in [0.5, 0.6) is 5.75 Å². The second-order valence-electron chi connectivity index (χ2n) is 5.16. The van der Waals surface area contributed by atoms with E-state index in [0.717, 1.165) is 39.2 Å². The van der Waals surface area contributed by atoms with E-state index in [1.807, 2.05) is 42.6 Å². The maximum atomic E-state index is 5.32. The molecular formula is C18H14N4O. The molecule has 0 fully saturated rings. The topological polar surface area (TPSA) is 63.7 Å². The van der Waals surface area contributed by atoms with Gasteiger partial charge in [-0.15, -0.1) is 0 Å². The fourth-order valence-electron chi connectivity index (χ4n) is 2.62. The summed E-state index contributed by atoms with van der Waals surface area (Å²) in [5.74, 6) is 0.808. The Bertz CT molecular complexity index is 977. The van der Waals surface area contributed by atoms with Crippen molar-refractivity contribution in [2.45, 2.75) is 0 Å².